The normalized spacial score (nSPS) is 23.4. The highest BCUT2D eigenvalue weighted by atomic mass is 19.4. The second-order valence-electron chi connectivity index (χ2n) is 5.60. The molecule has 0 bridgehead atoms. The highest BCUT2D eigenvalue weighted by Crippen LogP contribution is 2.40. The number of halogens is 3. The van der Waals surface area contributed by atoms with Gasteiger partial charge in [0.1, 0.15) is 5.82 Å². The number of rotatable bonds is 7. The number of nitrogens with zero attached hydrogens (tertiary/aromatic N) is 2. The predicted octanol–water partition coefficient (Wildman–Crippen LogP) is 1.10. The molecule has 1 amide bonds. The van der Waals surface area contributed by atoms with Crippen LogP contribution in [0.2, 0.25) is 0 Å². The van der Waals surface area contributed by atoms with Crippen molar-refractivity contribution in [1.82, 2.24) is 14.9 Å². The molecule has 0 aromatic carbocycles. The fourth-order valence-corrected chi connectivity index (χ4v) is 2.49. The summed E-state index contributed by atoms with van der Waals surface area (Å²) in [7, 11) is 1.37. The average molecular weight is 335 g/mol. The van der Waals surface area contributed by atoms with E-state index in [0.29, 0.717) is 13.0 Å². The van der Waals surface area contributed by atoms with Crippen LogP contribution in [0.25, 0.3) is 0 Å². The van der Waals surface area contributed by atoms with Gasteiger partial charge in [-0.2, -0.15) is 13.2 Å². The number of alkyl halides is 3. The van der Waals surface area contributed by atoms with E-state index < -0.39 is 24.0 Å². The number of ether oxygens (including phenoxy) is 1. The number of imidazole rings is 1. The van der Waals surface area contributed by atoms with Crippen LogP contribution in [-0.4, -0.2) is 46.0 Å². The van der Waals surface area contributed by atoms with E-state index in [9.17, 15) is 23.1 Å². The van der Waals surface area contributed by atoms with Crippen LogP contribution in [0.15, 0.2) is 12.4 Å². The van der Waals surface area contributed by atoms with E-state index in [2.05, 4.69) is 10.3 Å². The highest BCUT2D eigenvalue weighted by molar-refractivity contribution is 5.82. The minimum absolute atomic E-state index is 0.156. The molecular formula is C14H20F3N3O3. The summed E-state index contributed by atoms with van der Waals surface area (Å²) >= 11 is 0. The van der Waals surface area contributed by atoms with Crippen molar-refractivity contribution in [3.63, 3.8) is 0 Å². The van der Waals surface area contributed by atoms with E-state index >= 15 is 0 Å². The molecule has 1 aliphatic carbocycles. The number of aromatic nitrogens is 2. The summed E-state index contributed by atoms with van der Waals surface area (Å²) in [5.41, 5.74) is -3.11. The Kier molecular flexibility index (Phi) is 5.00. The minimum Gasteiger partial charge on any atom is -0.378 e. The Morgan fingerprint density at radius 3 is 2.78 bits per heavy atom. The third-order valence-corrected chi connectivity index (χ3v) is 3.90. The van der Waals surface area contributed by atoms with Crippen molar-refractivity contribution in [2.24, 2.45) is 13.0 Å². The van der Waals surface area contributed by atoms with E-state index in [1.807, 2.05) is 6.92 Å². The number of amides is 1. The third-order valence-electron chi connectivity index (χ3n) is 3.90. The summed E-state index contributed by atoms with van der Waals surface area (Å²) in [6.45, 7) is 1.99. The Morgan fingerprint density at radius 1 is 1.57 bits per heavy atom. The third kappa shape index (κ3) is 3.66. The monoisotopic (exact) mass is 335 g/mol. The van der Waals surface area contributed by atoms with Gasteiger partial charge in [0.15, 0.2) is 0 Å². The average Bonchev–Trinajstić information content (AvgIpc) is 3.09. The van der Waals surface area contributed by atoms with Crippen LogP contribution in [0.5, 0.6) is 0 Å². The first-order chi connectivity index (χ1) is 10.7. The van der Waals surface area contributed by atoms with Crippen molar-refractivity contribution in [3.05, 3.63) is 18.2 Å². The predicted molar refractivity (Wildman–Crippen MR) is 74.3 cm³/mol. The molecule has 23 heavy (non-hydrogen) atoms. The van der Waals surface area contributed by atoms with Crippen LogP contribution >= 0.6 is 0 Å². The molecule has 9 heteroatoms. The number of hydrogen-bond acceptors (Lipinski definition) is 4. The van der Waals surface area contributed by atoms with E-state index in [1.54, 1.807) is 0 Å². The maximum atomic E-state index is 13.3. The molecule has 6 nitrogen and oxygen atoms in total. The zero-order valence-electron chi connectivity index (χ0n) is 12.9. The lowest BCUT2D eigenvalue weighted by Gasteiger charge is -2.30. The molecule has 1 heterocycles. The van der Waals surface area contributed by atoms with Gasteiger partial charge in [-0.3, -0.25) is 4.79 Å². The Hall–Kier alpha value is -1.61. The second-order valence-corrected chi connectivity index (χ2v) is 5.60. The highest BCUT2D eigenvalue weighted by Gasteiger charge is 2.57. The number of hydrogen-bond donors (Lipinski definition) is 2. The van der Waals surface area contributed by atoms with Crippen molar-refractivity contribution in [3.8, 4) is 0 Å². The molecule has 2 N–H and O–H groups in total. The maximum Gasteiger partial charge on any atom is 0.424 e. The van der Waals surface area contributed by atoms with E-state index in [1.165, 1.54) is 19.4 Å². The standard InChI is InChI=1S/C14H20F3N3O3/c1-3-23-10-8-9(10)11(21)18-5-4-13(22,14(15,16)17)12-19-6-7-20(12)2/h6-7,9-10,22H,3-5,8H2,1-2H3,(H,18,21). The molecule has 1 aliphatic rings. The number of carbonyl (C=O) groups is 1. The number of nitrogens with one attached hydrogen (secondary N) is 1. The minimum atomic E-state index is -4.90. The molecule has 0 saturated heterocycles. The molecule has 1 saturated carbocycles. The summed E-state index contributed by atoms with van der Waals surface area (Å²) in [6, 6.07) is 0. The lowest BCUT2D eigenvalue weighted by atomic mass is 9.97. The van der Waals surface area contributed by atoms with Crippen LogP contribution in [0.3, 0.4) is 0 Å². The molecule has 0 aliphatic heterocycles. The molecule has 2 rings (SSSR count). The van der Waals surface area contributed by atoms with Crippen molar-refractivity contribution < 1.29 is 27.8 Å². The number of aliphatic hydroxyl groups is 1. The Balaban J connectivity index is 1.96. The SMILES string of the molecule is CCOC1CC1C(=O)NCCC(O)(c1nccn1C)C(F)(F)F. The van der Waals surface area contributed by atoms with Gasteiger partial charge in [0.25, 0.3) is 0 Å². The smallest absolute Gasteiger partial charge is 0.378 e. The van der Waals surface area contributed by atoms with Crippen molar-refractivity contribution >= 4 is 5.91 Å². The summed E-state index contributed by atoms with van der Waals surface area (Å²) < 4.78 is 46.2. The van der Waals surface area contributed by atoms with Gasteiger partial charge in [0, 0.05) is 39.0 Å². The Morgan fingerprint density at radius 2 is 2.26 bits per heavy atom. The summed E-state index contributed by atoms with van der Waals surface area (Å²) in [4.78, 5) is 15.4. The molecule has 3 atom stereocenters. The zero-order valence-corrected chi connectivity index (χ0v) is 12.9. The van der Waals surface area contributed by atoms with Crippen molar-refractivity contribution in [2.45, 2.75) is 37.6 Å². The van der Waals surface area contributed by atoms with Gasteiger partial charge >= 0.3 is 6.18 Å². The zero-order chi connectivity index (χ0) is 17.3. The molecule has 130 valence electrons. The fourth-order valence-electron chi connectivity index (χ4n) is 2.49. The maximum absolute atomic E-state index is 13.3. The van der Waals surface area contributed by atoms with E-state index in [0.717, 1.165) is 4.57 Å². The first-order valence-electron chi connectivity index (χ1n) is 7.37. The van der Waals surface area contributed by atoms with Gasteiger partial charge in [-0.25, -0.2) is 4.98 Å². The number of carbonyl (C=O) groups excluding carboxylic acids is 1. The van der Waals surface area contributed by atoms with Crippen molar-refractivity contribution in [1.29, 1.82) is 0 Å². The fraction of sp³-hybridized carbons (Fsp3) is 0.714. The van der Waals surface area contributed by atoms with Gasteiger partial charge in [0.2, 0.25) is 11.5 Å². The summed E-state index contributed by atoms with van der Waals surface area (Å²) in [6.07, 6.45) is -2.69. The van der Waals surface area contributed by atoms with Gasteiger partial charge in [-0.1, -0.05) is 0 Å². The lowest BCUT2D eigenvalue weighted by Crippen LogP contribution is -2.46. The van der Waals surface area contributed by atoms with Gasteiger partial charge in [-0.05, 0) is 13.3 Å². The topological polar surface area (TPSA) is 76.4 Å². The number of aryl methyl sites for hydroxylation is 1. The first-order valence-corrected chi connectivity index (χ1v) is 7.37. The van der Waals surface area contributed by atoms with E-state index in [4.69, 9.17) is 4.74 Å². The molecule has 1 aromatic rings. The molecule has 0 spiro atoms. The Labute approximate surface area is 131 Å². The molecule has 3 unspecified atom stereocenters. The lowest BCUT2D eigenvalue weighted by molar-refractivity contribution is -0.272. The van der Waals surface area contributed by atoms with Crippen LogP contribution in [0.4, 0.5) is 13.2 Å². The second kappa shape index (κ2) is 6.48. The molecular weight excluding hydrogens is 315 g/mol. The molecule has 0 radical (unpaired) electrons. The quantitative estimate of drug-likeness (QED) is 0.782. The van der Waals surface area contributed by atoms with Gasteiger partial charge in [0.05, 0.1) is 12.0 Å². The Bertz CT molecular complexity index is 561. The molecule has 1 fully saturated rings. The summed E-state index contributed by atoms with van der Waals surface area (Å²) in [5, 5.41) is 12.5. The van der Waals surface area contributed by atoms with E-state index in [-0.39, 0.29) is 24.5 Å². The largest absolute Gasteiger partial charge is 0.424 e. The first kappa shape index (κ1) is 17.7. The summed E-state index contributed by atoms with van der Waals surface area (Å²) in [5.74, 6) is -1.17. The van der Waals surface area contributed by atoms with Crippen LogP contribution < -0.4 is 5.32 Å². The van der Waals surface area contributed by atoms with Crippen LogP contribution in [0, 0.1) is 5.92 Å². The van der Waals surface area contributed by atoms with Crippen LogP contribution in [0.1, 0.15) is 25.6 Å². The van der Waals surface area contributed by atoms with Gasteiger partial charge < -0.3 is 19.7 Å². The van der Waals surface area contributed by atoms with Crippen LogP contribution in [-0.2, 0) is 22.2 Å². The molecule has 1 aromatic heterocycles. The van der Waals surface area contributed by atoms with Crippen molar-refractivity contribution in [2.75, 3.05) is 13.2 Å². The van der Waals surface area contributed by atoms with Gasteiger partial charge in [-0.15, -0.1) is 0 Å².